The van der Waals surface area contributed by atoms with Gasteiger partial charge in [0.05, 0.1) is 6.10 Å². The summed E-state index contributed by atoms with van der Waals surface area (Å²) in [6.07, 6.45) is 7.31. The van der Waals surface area contributed by atoms with Crippen LogP contribution in [-0.2, 0) is 11.3 Å². The third-order valence-corrected chi connectivity index (χ3v) is 6.45. The largest absolute Gasteiger partial charge is 0.490 e. The van der Waals surface area contributed by atoms with Crippen LogP contribution in [0.3, 0.4) is 0 Å². The first kappa shape index (κ1) is 21.9. The van der Waals surface area contributed by atoms with Crippen molar-refractivity contribution in [2.75, 3.05) is 40.9 Å². The number of hydrogen-bond donors (Lipinski definition) is 2. The molecule has 1 aromatic carbocycles. The number of nitrogens with zero attached hydrogens (tertiary/aromatic N) is 2. The normalized spacial score (nSPS) is 20.1. The molecule has 6 nitrogen and oxygen atoms in total. The molecule has 6 heteroatoms. The van der Waals surface area contributed by atoms with Gasteiger partial charge in [-0.05, 0) is 71.2 Å². The first-order valence-electron chi connectivity index (χ1n) is 11.0. The van der Waals surface area contributed by atoms with E-state index in [9.17, 15) is 0 Å². The summed E-state index contributed by atoms with van der Waals surface area (Å²) in [5, 5.41) is 7.01. The highest BCUT2D eigenvalue weighted by Gasteiger charge is 2.34. The first-order chi connectivity index (χ1) is 14.0. The lowest BCUT2D eigenvalue weighted by molar-refractivity contribution is -0.00501. The highest BCUT2D eigenvalue weighted by molar-refractivity contribution is 5.79. The molecule has 0 radical (unpaired) electrons. The standard InChI is InChI=1S/C23H38N4O2/c1-18-9-10-19(21(15-18)29-20-7-5-6-8-20)16-25-22(24-2)26-17-23(27(3)4)11-13-28-14-12-23/h9-10,15,20H,5-8,11-14,16-17H2,1-4H3,(H2,24,25,26). The molecule has 1 saturated carbocycles. The van der Waals surface area contributed by atoms with E-state index in [1.165, 1.54) is 36.8 Å². The Morgan fingerprint density at radius 2 is 1.93 bits per heavy atom. The van der Waals surface area contributed by atoms with Crippen molar-refractivity contribution < 1.29 is 9.47 Å². The summed E-state index contributed by atoms with van der Waals surface area (Å²) in [5.41, 5.74) is 2.52. The van der Waals surface area contributed by atoms with E-state index in [1.54, 1.807) is 0 Å². The molecule has 2 fully saturated rings. The Morgan fingerprint density at radius 3 is 2.59 bits per heavy atom. The summed E-state index contributed by atoms with van der Waals surface area (Å²) in [6.45, 7) is 5.30. The van der Waals surface area contributed by atoms with E-state index < -0.39 is 0 Å². The minimum absolute atomic E-state index is 0.108. The number of ether oxygens (including phenoxy) is 2. The molecule has 0 bridgehead atoms. The zero-order valence-corrected chi connectivity index (χ0v) is 18.6. The molecule has 1 saturated heterocycles. The van der Waals surface area contributed by atoms with E-state index in [-0.39, 0.29) is 5.54 Å². The second kappa shape index (κ2) is 10.3. The number of likely N-dealkylation sites (N-methyl/N-ethyl adjacent to an activating group) is 1. The second-order valence-corrected chi connectivity index (χ2v) is 8.65. The van der Waals surface area contributed by atoms with Crippen molar-refractivity contribution in [2.24, 2.45) is 4.99 Å². The van der Waals surface area contributed by atoms with E-state index in [0.717, 1.165) is 44.3 Å². The maximum absolute atomic E-state index is 6.34. The van der Waals surface area contributed by atoms with Crippen molar-refractivity contribution in [3.05, 3.63) is 29.3 Å². The lowest BCUT2D eigenvalue weighted by Gasteiger charge is -2.43. The number of hydrogen-bond acceptors (Lipinski definition) is 4. The smallest absolute Gasteiger partial charge is 0.191 e. The zero-order chi connectivity index (χ0) is 20.7. The Labute approximate surface area is 176 Å². The molecular formula is C23H38N4O2. The number of rotatable bonds is 7. The van der Waals surface area contributed by atoms with Crippen LogP contribution in [-0.4, -0.2) is 63.4 Å². The van der Waals surface area contributed by atoms with E-state index in [1.807, 2.05) is 7.05 Å². The average Bonchev–Trinajstić information content (AvgIpc) is 3.23. The van der Waals surface area contributed by atoms with Crippen molar-refractivity contribution in [3.63, 3.8) is 0 Å². The monoisotopic (exact) mass is 402 g/mol. The van der Waals surface area contributed by atoms with Gasteiger partial charge in [0, 0.05) is 44.5 Å². The van der Waals surface area contributed by atoms with E-state index in [2.05, 4.69) is 59.7 Å². The van der Waals surface area contributed by atoms with Gasteiger partial charge in [-0.1, -0.05) is 12.1 Å². The molecule has 1 aromatic rings. The number of benzene rings is 1. The van der Waals surface area contributed by atoms with Crippen LogP contribution in [0.15, 0.2) is 23.2 Å². The number of aryl methyl sites for hydroxylation is 1. The Balaban J connectivity index is 1.59. The van der Waals surface area contributed by atoms with Gasteiger partial charge in [-0.3, -0.25) is 4.99 Å². The molecule has 0 spiro atoms. The highest BCUT2D eigenvalue weighted by atomic mass is 16.5. The maximum Gasteiger partial charge on any atom is 0.191 e. The first-order valence-corrected chi connectivity index (χ1v) is 11.0. The summed E-state index contributed by atoms with van der Waals surface area (Å²) < 4.78 is 11.9. The minimum Gasteiger partial charge on any atom is -0.490 e. The van der Waals surface area contributed by atoms with Crippen molar-refractivity contribution >= 4 is 5.96 Å². The summed E-state index contributed by atoms with van der Waals surface area (Å²) in [5.74, 6) is 1.83. The minimum atomic E-state index is 0.108. The number of guanidine groups is 1. The Hall–Kier alpha value is -1.79. The molecule has 1 aliphatic heterocycles. The van der Waals surface area contributed by atoms with Crippen molar-refractivity contribution in [1.29, 1.82) is 0 Å². The van der Waals surface area contributed by atoms with Crippen LogP contribution in [0.4, 0.5) is 0 Å². The third kappa shape index (κ3) is 5.86. The van der Waals surface area contributed by atoms with Crippen LogP contribution < -0.4 is 15.4 Å². The molecule has 3 rings (SSSR count). The van der Waals surface area contributed by atoms with Crippen LogP contribution in [0, 0.1) is 6.92 Å². The quantitative estimate of drug-likeness (QED) is 0.542. The molecule has 29 heavy (non-hydrogen) atoms. The van der Waals surface area contributed by atoms with Crippen molar-refractivity contribution in [3.8, 4) is 5.75 Å². The van der Waals surface area contributed by atoms with Gasteiger partial charge in [0.1, 0.15) is 5.75 Å². The van der Waals surface area contributed by atoms with Crippen LogP contribution >= 0.6 is 0 Å². The summed E-state index contributed by atoms with van der Waals surface area (Å²) in [7, 11) is 6.14. The average molecular weight is 403 g/mol. The molecule has 0 amide bonds. The molecule has 2 aliphatic rings. The Kier molecular flexibility index (Phi) is 7.78. The molecule has 162 valence electrons. The second-order valence-electron chi connectivity index (χ2n) is 8.65. The topological polar surface area (TPSA) is 58.1 Å². The third-order valence-electron chi connectivity index (χ3n) is 6.45. The van der Waals surface area contributed by atoms with Crippen LogP contribution in [0.25, 0.3) is 0 Å². The van der Waals surface area contributed by atoms with Crippen molar-refractivity contribution in [1.82, 2.24) is 15.5 Å². The maximum atomic E-state index is 6.34. The Morgan fingerprint density at radius 1 is 1.21 bits per heavy atom. The number of aliphatic imine (C=N–C) groups is 1. The molecule has 0 aromatic heterocycles. The van der Waals surface area contributed by atoms with Gasteiger partial charge in [0.25, 0.3) is 0 Å². The van der Waals surface area contributed by atoms with Gasteiger partial charge in [-0.25, -0.2) is 0 Å². The van der Waals surface area contributed by atoms with Crippen LogP contribution in [0.2, 0.25) is 0 Å². The molecule has 0 unspecified atom stereocenters. The van der Waals surface area contributed by atoms with Crippen LogP contribution in [0.1, 0.15) is 49.7 Å². The fourth-order valence-electron chi connectivity index (χ4n) is 4.28. The fourth-order valence-corrected chi connectivity index (χ4v) is 4.28. The molecule has 1 aliphatic carbocycles. The SMILES string of the molecule is CN=C(NCc1ccc(C)cc1OC1CCCC1)NCC1(N(C)C)CCOCC1. The van der Waals surface area contributed by atoms with Crippen molar-refractivity contribution in [2.45, 2.75) is 63.6 Å². The fraction of sp³-hybridized carbons (Fsp3) is 0.696. The lowest BCUT2D eigenvalue weighted by atomic mass is 9.88. The van der Waals surface area contributed by atoms with Gasteiger partial charge in [-0.2, -0.15) is 0 Å². The predicted octanol–water partition coefficient (Wildman–Crippen LogP) is 3.09. The van der Waals surface area contributed by atoms with Crippen LogP contribution in [0.5, 0.6) is 5.75 Å². The highest BCUT2D eigenvalue weighted by Crippen LogP contribution is 2.28. The van der Waals surface area contributed by atoms with E-state index >= 15 is 0 Å². The van der Waals surface area contributed by atoms with Gasteiger partial charge < -0.3 is 25.0 Å². The molecule has 2 N–H and O–H groups in total. The predicted molar refractivity (Wildman–Crippen MR) is 119 cm³/mol. The Bertz CT molecular complexity index is 677. The summed E-state index contributed by atoms with van der Waals surface area (Å²) in [6, 6.07) is 6.48. The molecule has 1 heterocycles. The van der Waals surface area contributed by atoms with Gasteiger partial charge in [0.15, 0.2) is 5.96 Å². The van der Waals surface area contributed by atoms with Gasteiger partial charge in [0.2, 0.25) is 0 Å². The summed E-state index contributed by atoms with van der Waals surface area (Å²) >= 11 is 0. The molecule has 0 atom stereocenters. The zero-order valence-electron chi connectivity index (χ0n) is 18.6. The van der Waals surface area contributed by atoms with E-state index in [4.69, 9.17) is 9.47 Å². The lowest BCUT2D eigenvalue weighted by Crippen LogP contribution is -2.57. The number of nitrogens with one attached hydrogen (secondary N) is 2. The van der Waals surface area contributed by atoms with Gasteiger partial charge in [-0.15, -0.1) is 0 Å². The summed E-state index contributed by atoms with van der Waals surface area (Å²) in [4.78, 5) is 6.76. The van der Waals surface area contributed by atoms with Gasteiger partial charge >= 0.3 is 0 Å². The van der Waals surface area contributed by atoms with E-state index in [0.29, 0.717) is 12.6 Å². The molecular weight excluding hydrogens is 364 g/mol.